The van der Waals surface area contributed by atoms with Crippen LogP contribution in [0.4, 0.5) is 11.4 Å². The van der Waals surface area contributed by atoms with Gasteiger partial charge in [0.1, 0.15) is 0 Å². The lowest BCUT2D eigenvalue weighted by molar-refractivity contribution is -0.118. The zero-order valence-electron chi connectivity index (χ0n) is 17.6. The van der Waals surface area contributed by atoms with Gasteiger partial charge in [0.05, 0.1) is 6.54 Å². The third-order valence-electron chi connectivity index (χ3n) is 5.60. The number of amides is 2. The highest BCUT2D eigenvalue weighted by Crippen LogP contribution is 2.27. The maximum Gasteiger partial charge on any atom is 0.246 e. The first-order chi connectivity index (χ1) is 14.7. The molecule has 7 nitrogen and oxygen atoms in total. The highest BCUT2D eigenvalue weighted by molar-refractivity contribution is 14.0. The van der Waals surface area contributed by atoms with Gasteiger partial charge in [-0.2, -0.15) is 0 Å². The van der Waals surface area contributed by atoms with Crippen LogP contribution in [0.5, 0.6) is 0 Å². The minimum Gasteiger partial charge on any atom is -0.352 e. The van der Waals surface area contributed by atoms with Crippen LogP contribution >= 0.6 is 24.0 Å². The Hall–Kier alpha value is -2.62. The van der Waals surface area contributed by atoms with Crippen LogP contribution in [0.15, 0.2) is 53.5 Å². The van der Waals surface area contributed by atoms with Crippen molar-refractivity contribution in [1.29, 1.82) is 0 Å². The molecule has 0 bridgehead atoms. The van der Waals surface area contributed by atoms with E-state index >= 15 is 0 Å². The van der Waals surface area contributed by atoms with Gasteiger partial charge in [0, 0.05) is 44.5 Å². The first-order valence-electron chi connectivity index (χ1n) is 10.4. The van der Waals surface area contributed by atoms with E-state index in [1.54, 1.807) is 7.05 Å². The minimum absolute atomic E-state index is 0. The Morgan fingerprint density at radius 3 is 2.52 bits per heavy atom. The molecule has 2 heterocycles. The maximum atomic E-state index is 12.6. The lowest BCUT2D eigenvalue weighted by Crippen LogP contribution is -2.44. The second-order valence-corrected chi connectivity index (χ2v) is 7.52. The largest absolute Gasteiger partial charge is 0.352 e. The Labute approximate surface area is 199 Å². The van der Waals surface area contributed by atoms with E-state index in [4.69, 9.17) is 0 Å². The molecule has 2 aliphatic rings. The van der Waals surface area contributed by atoms with Gasteiger partial charge in [0.2, 0.25) is 11.8 Å². The zero-order valence-corrected chi connectivity index (χ0v) is 20.0. The number of hydrogen-bond donors (Lipinski definition) is 2. The second kappa shape index (κ2) is 10.6. The summed E-state index contributed by atoms with van der Waals surface area (Å²) in [6.45, 7) is 2.28. The number of fused-ring (bicyclic) bond motifs is 1. The molecule has 2 amide bonds. The van der Waals surface area contributed by atoms with Crippen LogP contribution in [0, 0.1) is 0 Å². The van der Waals surface area contributed by atoms with E-state index in [0.29, 0.717) is 18.9 Å². The van der Waals surface area contributed by atoms with Gasteiger partial charge in [-0.15, -0.1) is 24.0 Å². The topological polar surface area (TPSA) is 77.0 Å². The Balaban J connectivity index is 0.00000272. The van der Waals surface area contributed by atoms with Gasteiger partial charge >= 0.3 is 0 Å². The van der Waals surface area contributed by atoms with Crippen LogP contribution in [0.1, 0.15) is 24.0 Å². The Morgan fingerprint density at radius 1 is 1.03 bits per heavy atom. The van der Waals surface area contributed by atoms with Gasteiger partial charge in [0.25, 0.3) is 0 Å². The summed E-state index contributed by atoms with van der Waals surface area (Å²) in [6, 6.07) is 16.0. The fourth-order valence-corrected chi connectivity index (χ4v) is 3.97. The smallest absolute Gasteiger partial charge is 0.246 e. The molecule has 2 aliphatic heterocycles. The first-order valence-corrected chi connectivity index (χ1v) is 10.4. The number of nitrogens with zero attached hydrogens (tertiary/aromatic N) is 3. The lowest BCUT2D eigenvalue weighted by atomic mass is 10.2. The monoisotopic (exact) mass is 533 g/mol. The molecule has 1 fully saturated rings. The van der Waals surface area contributed by atoms with E-state index in [1.165, 1.54) is 5.56 Å². The summed E-state index contributed by atoms with van der Waals surface area (Å²) in [5.41, 5.74) is 4.24. The van der Waals surface area contributed by atoms with Gasteiger partial charge in [-0.1, -0.05) is 30.3 Å². The summed E-state index contributed by atoms with van der Waals surface area (Å²) in [5, 5.41) is 6.34. The molecule has 0 unspecified atom stereocenters. The summed E-state index contributed by atoms with van der Waals surface area (Å²) < 4.78 is 0. The first kappa shape index (κ1) is 23.1. The molecule has 0 spiro atoms. The van der Waals surface area contributed by atoms with Crippen molar-refractivity contribution < 1.29 is 9.59 Å². The molecule has 0 radical (unpaired) electrons. The number of rotatable bonds is 5. The van der Waals surface area contributed by atoms with Crippen LogP contribution in [-0.4, -0.2) is 44.5 Å². The molecular formula is C23H28IN5O2. The number of nitrogens with one attached hydrogen (secondary N) is 2. The quantitative estimate of drug-likeness (QED) is 0.352. The molecule has 8 heteroatoms. The van der Waals surface area contributed by atoms with Gasteiger partial charge in [0.15, 0.2) is 5.96 Å². The third kappa shape index (κ3) is 5.36. The predicted molar refractivity (Wildman–Crippen MR) is 134 cm³/mol. The SMILES string of the molecule is CN=C(NCC(=O)N1CCc2ccccc21)NCc1ccc(N2CCCC2=O)cc1.I. The molecule has 4 rings (SSSR count). The molecule has 2 aromatic rings. The van der Waals surface area contributed by atoms with Crippen molar-refractivity contribution in [2.24, 2.45) is 4.99 Å². The predicted octanol–water partition coefficient (Wildman–Crippen LogP) is 2.69. The number of guanidine groups is 1. The van der Waals surface area contributed by atoms with Crippen LogP contribution in [0.3, 0.4) is 0 Å². The maximum absolute atomic E-state index is 12.6. The summed E-state index contributed by atoms with van der Waals surface area (Å²) in [7, 11) is 1.69. The molecule has 0 atom stereocenters. The van der Waals surface area contributed by atoms with E-state index in [9.17, 15) is 9.59 Å². The molecule has 31 heavy (non-hydrogen) atoms. The molecule has 2 aromatic carbocycles. The highest BCUT2D eigenvalue weighted by Gasteiger charge is 2.24. The number of hydrogen-bond acceptors (Lipinski definition) is 3. The standard InChI is InChI=1S/C23H27N5O2.HI/c1-24-23(26-16-22(30)28-14-12-18-5-2-3-6-20(18)28)25-15-17-8-10-19(11-9-17)27-13-4-7-21(27)29;/h2-3,5-6,8-11H,4,7,12-16H2,1H3,(H2,24,25,26);1H. The Morgan fingerprint density at radius 2 is 1.81 bits per heavy atom. The van der Waals surface area contributed by atoms with Gasteiger partial charge < -0.3 is 20.4 Å². The third-order valence-corrected chi connectivity index (χ3v) is 5.60. The number of carbonyl (C=O) groups is 2. The van der Waals surface area contributed by atoms with Crippen molar-refractivity contribution >= 4 is 53.1 Å². The normalized spacial score (nSPS) is 15.5. The molecule has 0 aromatic heterocycles. The van der Waals surface area contributed by atoms with Crippen LogP contribution in [-0.2, 0) is 22.6 Å². The number of benzene rings is 2. The summed E-state index contributed by atoms with van der Waals surface area (Å²) >= 11 is 0. The number of para-hydroxylation sites is 1. The van der Waals surface area contributed by atoms with Crippen molar-refractivity contribution in [2.45, 2.75) is 25.8 Å². The molecule has 0 saturated carbocycles. The molecule has 164 valence electrons. The second-order valence-electron chi connectivity index (χ2n) is 7.52. The van der Waals surface area contributed by atoms with Gasteiger partial charge in [-0.25, -0.2) is 0 Å². The molecular weight excluding hydrogens is 505 g/mol. The average molecular weight is 533 g/mol. The number of aliphatic imine (C=N–C) groups is 1. The van der Waals surface area contributed by atoms with Gasteiger partial charge in [-0.3, -0.25) is 14.6 Å². The van der Waals surface area contributed by atoms with Crippen LogP contribution in [0.2, 0.25) is 0 Å². The van der Waals surface area contributed by atoms with E-state index in [1.807, 2.05) is 52.3 Å². The van der Waals surface area contributed by atoms with E-state index in [0.717, 1.165) is 42.9 Å². The average Bonchev–Trinajstić information content (AvgIpc) is 3.40. The van der Waals surface area contributed by atoms with Crippen molar-refractivity contribution in [3.63, 3.8) is 0 Å². The van der Waals surface area contributed by atoms with Crippen molar-refractivity contribution in [2.75, 3.05) is 36.5 Å². The zero-order chi connectivity index (χ0) is 20.9. The minimum atomic E-state index is 0. The van der Waals surface area contributed by atoms with E-state index in [-0.39, 0.29) is 42.3 Å². The summed E-state index contributed by atoms with van der Waals surface area (Å²) in [4.78, 5) is 32.4. The molecule has 0 aliphatic carbocycles. The van der Waals surface area contributed by atoms with E-state index < -0.39 is 0 Å². The number of halogens is 1. The lowest BCUT2D eigenvalue weighted by Gasteiger charge is -2.19. The Kier molecular flexibility index (Phi) is 7.89. The molecule has 1 saturated heterocycles. The number of carbonyl (C=O) groups excluding carboxylic acids is 2. The number of anilines is 2. The summed E-state index contributed by atoms with van der Waals surface area (Å²) in [6.07, 6.45) is 2.45. The van der Waals surface area contributed by atoms with Crippen molar-refractivity contribution in [3.8, 4) is 0 Å². The van der Waals surface area contributed by atoms with Crippen molar-refractivity contribution in [1.82, 2.24) is 10.6 Å². The van der Waals surface area contributed by atoms with Gasteiger partial charge in [-0.05, 0) is 42.2 Å². The van der Waals surface area contributed by atoms with Crippen LogP contribution < -0.4 is 20.4 Å². The van der Waals surface area contributed by atoms with Crippen LogP contribution in [0.25, 0.3) is 0 Å². The highest BCUT2D eigenvalue weighted by atomic mass is 127. The van der Waals surface area contributed by atoms with E-state index in [2.05, 4.69) is 21.7 Å². The summed E-state index contributed by atoms with van der Waals surface area (Å²) in [5.74, 6) is 0.799. The van der Waals surface area contributed by atoms with Crippen molar-refractivity contribution in [3.05, 3.63) is 59.7 Å². The Bertz CT molecular complexity index is 961. The fraction of sp³-hybridized carbons (Fsp3) is 0.348. The fourth-order valence-electron chi connectivity index (χ4n) is 3.97. The molecule has 2 N–H and O–H groups in total.